The maximum Gasteiger partial charge on any atom is 0.0641 e. The Morgan fingerprint density at radius 2 is 2.00 bits per heavy atom. The SMILES string of the molecule is Cc1nn(C)c(C)c1CNC(C)(C)CCO. The lowest BCUT2D eigenvalue weighted by atomic mass is 10.0. The van der Waals surface area contributed by atoms with E-state index in [4.69, 9.17) is 5.11 Å². The summed E-state index contributed by atoms with van der Waals surface area (Å²) in [6, 6.07) is 0. The molecule has 4 heteroatoms. The summed E-state index contributed by atoms with van der Waals surface area (Å²) in [5, 5.41) is 16.8. The lowest BCUT2D eigenvalue weighted by Gasteiger charge is -2.25. The summed E-state index contributed by atoms with van der Waals surface area (Å²) in [6.07, 6.45) is 0.755. The summed E-state index contributed by atoms with van der Waals surface area (Å²) in [5.41, 5.74) is 3.49. The molecule has 1 aromatic rings. The van der Waals surface area contributed by atoms with Crippen molar-refractivity contribution in [2.45, 2.75) is 46.2 Å². The molecule has 0 bridgehead atoms. The van der Waals surface area contributed by atoms with Gasteiger partial charge in [-0.3, -0.25) is 4.68 Å². The molecule has 0 amide bonds. The normalized spacial score (nSPS) is 12.1. The van der Waals surface area contributed by atoms with E-state index in [0.717, 1.165) is 18.7 Å². The van der Waals surface area contributed by atoms with Crippen LogP contribution >= 0.6 is 0 Å². The second-order valence-corrected chi connectivity index (χ2v) is 4.98. The second kappa shape index (κ2) is 4.97. The van der Waals surface area contributed by atoms with Crippen LogP contribution in [0.25, 0.3) is 0 Å². The molecule has 0 aromatic carbocycles. The van der Waals surface area contributed by atoms with Crippen molar-refractivity contribution in [1.82, 2.24) is 15.1 Å². The maximum absolute atomic E-state index is 8.96. The van der Waals surface area contributed by atoms with Crippen LogP contribution < -0.4 is 5.32 Å². The molecule has 0 fully saturated rings. The lowest BCUT2D eigenvalue weighted by Crippen LogP contribution is -2.39. The standard InChI is InChI=1S/C12H23N3O/c1-9-11(10(2)15(5)14-9)8-13-12(3,4)6-7-16/h13,16H,6-8H2,1-5H3. The number of aliphatic hydroxyl groups is 1. The largest absolute Gasteiger partial charge is 0.396 e. The van der Waals surface area contributed by atoms with Crippen LogP contribution in [0.1, 0.15) is 37.2 Å². The number of hydrogen-bond acceptors (Lipinski definition) is 3. The zero-order valence-electron chi connectivity index (χ0n) is 11.0. The Bertz CT molecular complexity index is 355. The van der Waals surface area contributed by atoms with E-state index in [9.17, 15) is 0 Å². The van der Waals surface area contributed by atoms with Gasteiger partial charge in [0.15, 0.2) is 0 Å². The summed E-state index contributed by atoms with van der Waals surface area (Å²) in [7, 11) is 1.96. The molecule has 16 heavy (non-hydrogen) atoms. The summed E-state index contributed by atoms with van der Waals surface area (Å²) in [6.45, 7) is 9.33. The van der Waals surface area contributed by atoms with E-state index in [0.29, 0.717) is 0 Å². The summed E-state index contributed by atoms with van der Waals surface area (Å²) >= 11 is 0. The van der Waals surface area contributed by atoms with E-state index >= 15 is 0 Å². The van der Waals surface area contributed by atoms with Gasteiger partial charge in [0.05, 0.1) is 5.69 Å². The molecule has 4 nitrogen and oxygen atoms in total. The van der Waals surface area contributed by atoms with Gasteiger partial charge in [-0.25, -0.2) is 0 Å². The molecular weight excluding hydrogens is 202 g/mol. The van der Waals surface area contributed by atoms with E-state index in [2.05, 4.69) is 31.2 Å². The van der Waals surface area contributed by atoms with E-state index in [1.807, 2.05) is 18.7 Å². The predicted octanol–water partition coefficient (Wildman–Crippen LogP) is 1.29. The second-order valence-electron chi connectivity index (χ2n) is 4.98. The van der Waals surface area contributed by atoms with Crippen LogP contribution in [0.5, 0.6) is 0 Å². The third kappa shape index (κ3) is 3.06. The molecule has 1 aromatic heterocycles. The highest BCUT2D eigenvalue weighted by molar-refractivity contribution is 5.24. The molecule has 0 spiro atoms. The lowest BCUT2D eigenvalue weighted by molar-refractivity contribution is 0.230. The zero-order chi connectivity index (χ0) is 12.3. The fraction of sp³-hybridized carbons (Fsp3) is 0.750. The molecule has 92 valence electrons. The molecule has 0 aliphatic heterocycles. The molecular formula is C12H23N3O. The zero-order valence-corrected chi connectivity index (χ0v) is 11.0. The Hall–Kier alpha value is -0.870. The minimum Gasteiger partial charge on any atom is -0.396 e. The number of aliphatic hydroxyl groups excluding tert-OH is 1. The maximum atomic E-state index is 8.96. The van der Waals surface area contributed by atoms with Crippen molar-refractivity contribution in [3.05, 3.63) is 17.0 Å². The van der Waals surface area contributed by atoms with Crippen molar-refractivity contribution in [2.75, 3.05) is 6.61 Å². The van der Waals surface area contributed by atoms with Crippen LogP contribution in [0, 0.1) is 13.8 Å². The summed E-state index contributed by atoms with van der Waals surface area (Å²) in [4.78, 5) is 0. The fourth-order valence-corrected chi connectivity index (χ4v) is 1.77. The molecule has 0 aliphatic rings. The van der Waals surface area contributed by atoms with Crippen LogP contribution in [0.2, 0.25) is 0 Å². The van der Waals surface area contributed by atoms with Gasteiger partial charge in [0.1, 0.15) is 0 Å². The van der Waals surface area contributed by atoms with Gasteiger partial charge < -0.3 is 10.4 Å². The number of nitrogens with one attached hydrogen (secondary N) is 1. The Morgan fingerprint density at radius 3 is 2.44 bits per heavy atom. The van der Waals surface area contributed by atoms with Gasteiger partial charge in [0.25, 0.3) is 0 Å². The Balaban J connectivity index is 2.67. The minimum absolute atomic E-state index is 0.0382. The van der Waals surface area contributed by atoms with Crippen molar-refractivity contribution >= 4 is 0 Å². The van der Waals surface area contributed by atoms with E-state index in [1.165, 1.54) is 11.3 Å². The molecule has 0 saturated heterocycles. The number of nitrogens with zero attached hydrogens (tertiary/aromatic N) is 2. The number of rotatable bonds is 5. The van der Waals surface area contributed by atoms with Crippen molar-refractivity contribution < 1.29 is 5.11 Å². The Labute approximate surface area is 97.7 Å². The van der Waals surface area contributed by atoms with Crippen LogP contribution in [0.15, 0.2) is 0 Å². The predicted molar refractivity (Wildman–Crippen MR) is 65.3 cm³/mol. The number of aromatic nitrogens is 2. The van der Waals surface area contributed by atoms with Gasteiger partial charge >= 0.3 is 0 Å². The van der Waals surface area contributed by atoms with Gasteiger partial charge in [0.2, 0.25) is 0 Å². The summed E-state index contributed by atoms with van der Waals surface area (Å²) < 4.78 is 1.91. The first kappa shape index (κ1) is 13.2. The van der Waals surface area contributed by atoms with Gasteiger partial charge in [-0.05, 0) is 34.1 Å². The van der Waals surface area contributed by atoms with Gasteiger partial charge in [-0.2, -0.15) is 5.10 Å². The average molecular weight is 225 g/mol. The van der Waals surface area contributed by atoms with Crippen LogP contribution in [0.4, 0.5) is 0 Å². The topological polar surface area (TPSA) is 50.1 Å². The summed E-state index contributed by atoms with van der Waals surface area (Å²) in [5.74, 6) is 0. The fourth-order valence-electron chi connectivity index (χ4n) is 1.77. The van der Waals surface area contributed by atoms with Crippen molar-refractivity contribution in [1.29, 1.82) is 0 Å². The molecule has 0 unspecified atom stereocenters. The third-order valence-corrected chi connectivity index (χ3v) is 3.14. The average Bonchev–Trinajstić information content (AvgIpc) is 2.39. The van der Waals surface area contributed by atoms with E-state index < -0.39 is 0 Å². The van der Waals surface area contributed by atoms with E-state index in [-0.39, 0.29) is 12.1 Å². The highest BCUT2D eigenvalue weighted by Gasteiger charge is 2.18. The third-order valence-electron chi connectivity index (χ3n) is 3.14. The van der Waals surface area contributed by atoms with Crippen molar-refractivity contribution in [3.63, 3.8) is 0 Å². The molecule has 0 radical (unpaired) electrons. The number of hydrogen-bond donors (Lipinski definition) is 2. The van der Waals surface area contributed by atoms with Crippen LogP contribution in [-0.4, -0.2) is 27.0 Å². The first-order chi connectivity index (χ1) is 7.37. The first-order valence-electron chi connectivity index (χ1n) is 5.72. The first-order valence-corrected chi connectivity index (χ1v) is 5.72. The van der Waals surface area contributed by atoms with Gasteiger partial charge in [-0.1, -0.05) is 0 Å². The van der Waals surface area contributed by atoms with Crippen molar-refractivity contribution in [3.8, 4) is 0 Å². The molecule has 2 N–H and O–H groups in total. The Morgan fingerprint density at radius 1 is 1.38 bits per heavy atom. The van der Waals surface area contributed by atoms with Crippen LogP contribution in [0.3, 0.4) is 0 Å². The van der Waals surface area contributed by atoms with Crippen LogP contribution in [-0.2, 0) is 13.6 Å². The quantitative estimate of drug-likeness (QED) is 0.794. The smallest absolute Gasteiger partial charge is 0.0641 e. The van der Waals surface area contributed by atoms with Gasteiger partial charge in [-0.15, -0.1) is 0 Å². The highest BCUT2D eigenvalue weighted by Crippen LogP contribution is 2.14. The van der Waals surface area contributed by atoms with Gasteiger partial charge in [0, 0.05) is 37.0 Å². The Kier molecular flexibility index (Phi) is 4.10. The highest BCUT2D eigenvalue weighted by atomic mass is 16.3. The monoisotopic (exact) mass is 225 g/mol. The molecule has 1 heterocycles. The number of aryl methyl sites for hydroxylation is 2. The molecule has 0 aliphatic carbocycles. The molecule has 0 atom stereocenters. The van der Waals surface area contributed by atoms with E-state index in [1.54, 1.807) is 0 Å². The molecule has 0 saturated carbocycles. The molecule has 1 rings (SSSR count). The minimum atomic E-state index is -0.0382. The van der Waals surface area contributed by atoms with Crippen molar-refractivity contribution in [2.24, 2.45) is 7.05 Å².